The molecule has 0 aliphatic carbocycles. The Balaban J connectivity index is 1.08. The summed E-state index contributed by atoms with van der Waals surface area (Å²) in [5, 5.41) is 9.45. The number of carbonyl (C=O) groups excluding carboxylic acids is 1. The largest absolute Gasteiger partial charge is 0.467 e. The number of nitrogens with zero attached hydrogens (tertiary/aromatic N) is 2. The summed E-state index contributed by atoms with van der Waals surface area (Å²) in [5.74, 6) is 0.164. The fourth-order valence-electron chi connectivity index (χ4n) is 5.74. The molecule has 2 aliphatic rings. The van der Waals surface area contributed by atoms with E-state index in [9.17, 15) is 4.79 Å². The van der Waals surface area contributed by atoms with Gasteiger partial charge in [-0.3, -0.25) is 4.90 Å². The number of benzene rings is 3. The highest BCUT2D eigenvalue weighted by Gasteiger charge is 2.31. The Morgan fingerprint density at radius 3 is 2.53 bits per heavy atom. The number of likely N-dealkylation sites (tertiary alicyclic amines) is 1. The quantitative estimate of drug-likeness (QED) is 0.180. The highest BCUT2D eigenvalue weighted by atomic mass is 35.5. The zero-order valence-electron chi connectivity index (χ0n) is 24.1. The number of esters is 1. The predicted molar refractivity (Wildman–Crippen MR) is 164 cm³/mol. The topological polar surface area (TPSA) is 106 Å². The number of halogens is 1. The molecule has 2 saturated heterocycles. The first-order valence-electron chi connectivity index (χ1n) is 14.6. The van der Waals surface area contributed by atoms with Crippen LogP contribution in [0.4, 0.5) is 0 Å². The van der Waals surface area contributed by atoms with Crippen molar-refractivity contribution in [2.75, 3.05) is 46.6 Å². The molecule has 3 aromatic carbocycles. The Morgan fingerprint density at radius 2 is 1.81 bits per heavy atom. The molecule has 0 bridgehead atoms. The Morgan fingerprint density at radius 1 is 1.09 bits per heavy atom. The van der Waals surface area contributed by atoms with Crippen molar-refractivity contribution >= 4 is 28.6 Å². The minimum Gasteiger partial charge on any atom is -0.467 e. The summed E-state index contributed by atoms with van der Waals surface area (Å²) in [7, 11) is 1.35. The summed E-state index contributed by atoms with van der Waals surface area (Å²) < 4.78 is 21.8. The Hall–Kier alpha value is -3.47. The average molecular weight is 606 g/mol. The molecular formula is C33H36ClN3O6. The maximum absolute atomic E-state index is 11.9. The maximum atomic E-state index is 11.9. The van der Waals surface area contributed by atoms with Gasteiger partial charge in [-0.05, 0) is 34.4 Å². The van der Waals surface area contributed by atoms with Gasteiger partial charge in [-0.1, -0.05) is 60.1 Å². The van der Waals surface area contributed by atoms with Crippen molar-refractivity contribution in [1.29, 1.82) is 0 Å². The van der Waals surface area contributed by atoms with E-state index in [1.807, 2.05) is 12.1 Å². The molecule has 2 unspecified atom stereocenters. The number of aliphatic hydroxyl groups excluding tert-OH is 1. The molecule has 10 heteroatoms. The number of aliphatic hydroxyl groups is 1. The number of H-pyrrole nitrogens is 1. The fraction of sp³-hybridized carbons (Fsp3) is 0.394. The monoisotopic (exact) mass is 605 g/mol. The maximum Gasteiger partial charge on any atom is 0.335 e. The summed E-state index contributed by atoms with van der Waals surface area (Å²) in [6.07, 6.45) is 0.234. The second-order valence-corrected chi connectivity index (χ2v) is 11.6. The lowest BCUT2D eigenvalue weighted by atomic mass is 9.98. The number of imidazole rings is 1. The predicted octanol–water partition coefficient (Wildman–Crippen LogP) is 5.09. The summed E-state index contributed by atoms with van der Waals surface area (Å²) in [4.78, 5) is 22.1. The van der Waals surface area contributed by atoms with Crippen LogP contribution in [0.1, 0.15) is 18.4 Å². The minimum atomic E-state index is -0.627. The summed E-state index contributed by atoms with van der Waals surface area (Å²) in [6, 6.07) is 21.3. The van der Waals surface area contributed by atoms with Gasteiger partial charge in [0, 0.05) is 44.0 Å². The van der Waals surface area contributed by atoms with E-state index in [0.29, 0.717) is 43.0 Å². The number of methoxy groups -OCH3 is 1. The Labute approximate surface area is 255 Å². The molecule has 2 N–H and O–H groups in total. The van der Waals surface area contributed by atoms with Crippen LogP contribution < -0.4 is 4.74 Å². The molecular weight excluding hydrogens is 570 g/mol. The number of fused-ring (bicyclic) bond motifs is 1. The van der Waals surface area contributed by atoms with Crippen molar-refractivity contribution in [1.82, 2.24) is 14.9 Å². The number of hydrogen-bond acceptors (Lipinski definition) is 8. The van der Waals surface area contributed by atoms with Gasteiger partial charge in [0.25, 0.3) is 6.01 Å². The molecule has 9 nitrogen and oxygen atoms in total. The average Bonchev–Trinajstić information content (AvgIpc) is 3.40. The number of hydrogen-bond donors (Lipinski definition) is 2. The van der Waals surface area contributed by atoms with E-state index in [2.05, 4.69) is 63.4 Å². The van der Waals surface area contributed by atoms with Gasteiger partial charge in [-0.2, -0.15) is 4.98 Å². The first kappa shape index (κ1) is 29.6. The molecule has 3 heterocycles. The molecule has 226 valence electrons. The fourth-order valence-corrected chi connectivity index (χ4v) is 6.01. The first-order valence-corrected chi connectivity index (χ1v) is 15.0. The number of aromatic nitrogens is 2. The summed E-state index contributed by atoms with van der Waals surface area (Å²) in [5.41, 5.74) is 7.00. The van der Waals surface area contributed by atoms with E-state index in [-0.39, 0.29) is 12.7 Å². The van der Waals surface area contributed by atoms with Gasteiger partial charge in [0.05, 0.1) is 49.6 Å². The van der Waals surface area contributed by atoms with Gasteiger partial charge < -0.3 is 29.0 Å². The minimum absolute atomic E-state index is 0.0804. The van der Waals surface area contributed by atoms with E-state index in [1.54, 1.807) is 0 Å². The van der Waals surface area contributed by atoms with Crippen molar-refractivity contribution in [3.8, 4) is 28.3 Å². The number of ether oxygens (including phenoxy) is 4. The standard InChI is InChI=1S/C33H36ClN3O6/c1-40-32(39)31-14-26(10-12-42-31)43-33-35-29-15-27(28(34)16-30(29)36-33)25-8-6-24(7-9-25)23-4-2-21(3-5-23)17-37-18-22(19-37)20-41-13-11-38/h2-9,15-16,22,26,31,38H,10-14,17-20H2,1H3,(H,35,36). The van der Waals surface area contributed by atoms with Gasteiger partial charge in [0.15, 0.2) is 6.10 Å². The van der Waals surface area contributed by atoms with Crippen LogP contribution in [-0.4, -0.2) is 84.8 Å². The highest BCUT2D eigenvalue weighted by Crippen LogP contribution is 2.34. The third-order valence-corrected chi connectivity index (χ3v) is 8.35. The van der Waals surface area contributed by atoms with Gasteiger partial charge in [0.1, 0.15) is 6.10 Å². The zero-order valence-corrected chi connectivity index (χ0v) is 24.9. The molecule has 2 aliphatic heterocycles. The molecule has 1 aromatic heterocycles. The van der Waals surface area contributed by atoms with E-state index in [1.165, 1.54) is 12.7 Å². The van der Waals surface area contributed by atoms with E-state index >= 15 is 0 Å². The third-order valence-electron chi connectivity index (χ3n) is 8.04. The number of rotatable bonds is 11. The lowest BCUT2D eigenvalue weighted by Gasteiger charge is -2.39. The molecule has 2 atom stereocenters. The molecule has 0 saturated carbocycles. The lowest BCUT2D eigenvalue weighted by Crippen LogP contribution is -2.48. The van der Waals surface area contributed by atoms with Crippen LogP contribution >= 0.6 is 11.6 Å². The van der Waals surface area contributed by atoms with Crippen LogP contribution in [0.5, 0.6) is 6.01 Å². The molecule has 6 rings (SSSR count). The van der Waals surface area contributed by atoms with Crippen LogP contribution in [0.25, 0.3) is 33.3 Å². The van der Waals surface area contributed by atoms with Crippen LogP contribution in [-0.2, 0) is 25.5 Å². The third kappa shape index (κ3) is 7.03. The van der Waals surface area contributed by atoms with Gasteiger partial charge >= 0.3 is 5.97 Å². The second kappa shape index (κ2) is 13.4. The van der Waals surface area contributed by atoms with Crippen molar-refractivity contribution in [2.45, 2.75) is 31.6 Å². The van der Waals surface area contributed by atoms with Crippen LogP contribution in [0.15, 0.2) is 60.7 Å². The zero-order chi connectivity index (χ0) is 29.8. The van der Waals surface area contributed by atoms with Crippen molar-refractivity contribution in [2.24, 2.45) is 5.92 Å². The first-order chi connectivity index (χ1) is 21.0. The van der Waals surface area contributed by atoms with Gasteiger partial charge in [0.2, 0.25) is 0 Å². The molecule has 0 spiro atoms. The van der Waals surface area contributed by atoms with E-state index in [0.717, 1.165) is 59.5 Å². The van der Waals surface area contributed by atoms with Crippen LogP contribution in [0.3, 0.4) is 0 Å². The molecule has 2 fully saturated rings. The Kier molecular flexibility index (Phi) is 9.25. The van der Waals surface area contributed by atoms with Crippen molar-refractivity contribution in [3.63, 3.8) is 0 Å². The number of aromatic amines is 1. The molecule has 4 aromatic rings. The van der Waals surface area contributed by atoms with Crippen molar-refractivity contribution in [3.05, 3.63) is 71.2 Å². The van der Waals surface area contributed by atoms with Crippen molar-refractivity contribution < 1.29 is 28.8 Å². The Bertz CT molecular complexity index is 1540. The van der Waals surface area contributed by atoms with Gasteiger partial charge in [-0.25, -0.2) is 4.79 Å². The smallest absolute Gasteiger partial charge is 0.335 e. The number of nitrogens with one attached hydrogen (secondary N) is 1. The highest BCUT2D eigenvalue weighted by molar-refractivity contribution is 6.34. The van der Waals surface area contributed by atoms with E-state index < -0.39 is 12.1 Å². The summed E-state index contributed by atoms with van der Waals surface area (Å²) in [6.45, 7) is 4.63. The normalized spacial score (nSPS) is 19.3. The summed E-state index contributed by atoms with van der Waals surface area (Å²) >= 11 is 6.70. The number of carbonyl (C=O) groups is 1. The molecule has 0 amide bonds. The molecule has 43 heavy (non-hydrogen) atoms. The molecule has 0 radical (unpaired) electrons. The van der Waals surface area contributed by atoms with Crippen LogP contribution in [0.2, 0.25) is 5.02 Å². The second-order valence-electron chi connectivity index (χ2n) is 11.2. The van der Waals surface area contributed by atoms with E-state index in [4.69, 9.17) is 35.7 Å². The van der Waals surface area contributed by atoms with Crippen LogP contribution in [0, 0.1) is 5.92 Å². The van der Waals surface area contributed by atoms with Gasteiger partial charge in [-0.15, -0.1) is 0 Å². The SMILES string of the molecule is COC(=O)C1CC(Oc2nc3cc(-c4ccc(-c5ccc(CN6CC(COCCO)C6)cc5)cc4)c(Cl)cc3[nH]2)CCO1. The lowest BCUT2D eigenvalue weighted by molar-refractivity contribution is -0.160.